The first-order valence-corrected chi connectivity index (χ1v) is 6.35. The van der Waals surface area contributed by atoms with Crippen LogP contribution >= 0.6 is 27.5 Å². The molecule has 0 bridgehead atoms. The SMILES string of the molecule is Nc1cccc(Br)c1COc1ccc(F)cc1Cl. The second-order valence-electron chi connectivity index (χ2n) is 3.67. The molecule has 0 aliphatic rings. The van der Waals surface area contributed by atoms with E-state index in [4.69, 9.17) is 22.1 Å². The van der Waals surface area contributed by atoms with E-state index in [1.807, 2.05) is 12.1 Å². The van der Waals surface area contributed by atoms with Gasteiger partial charge < -0.3 is 10.5 Å². The number of benzene rings is 2. The molecule has 2 aromatic carbocycles. The first kappa shape index (κ1) is 13.2. The van der Waals surface area contributed by atoms with Crippen molar-refractivity contribution in [3.05, 3.63) is 57.3 Å². The molecule has 0 fully saturated rings. The van der Waals surface area contributed by atoms with Crippen molar-refractivity contribution in [2.75, 3.05) is 5.73 Å². The molecule has 0 atom stereocenters. The van der Waals surface area contributed by atoms with Gasteiger partial charge in [0.15, 0.2) is 0 Å². The molecule has 2 aromatic rings. The standard InChI is InChI=1S/C13H10BrClFNO/c14-10-2-1-3-12(17)9(10)7-18-13-5-4-8(16)6-11(13)15/h1-6H,7,17H2. The van der Waals surface area contributed by atoms with Gasteiger partial charge in [-0.1, -0.05) is 33.6 Å². The van der Waals surface area contributed by atoms with Crippen LogP contribution in [-0.2, 0) is 6.61 Å². The molecular formula is C13H10BrClFNO. The minimum atomic E-state index is -0.396. The van der Waals surface area contributed by atoms with Gasteiger partial charge in [-0.15, -0.1) is 0 Å². The molecule has 0 saturated heterocycles. The van der Waals surface area contributed by atoms with Gasteiger partial charge >= 0.3 is 0 Å². The maximum absolute atomic E-state index is 12.9. The first-order valence-electron chi connectivity index (χ1n) is 5.18. The van der Waals surface area contributed by atoms with Gasteiger partial charge in [-0.25, -0.2) is 4.39 Å². The van der Waals surface area contributed by atoms with E-state index in [2.05, 4.69) is 15.9 Å². The van der Waals surface area contributed by atoms with Gasteiger partial charge in [-0.05, 0) is 30.3 Å². The zero-order chi connectivity index (χ0) is 13.1. The van der Waals surface area contributed by atoms with Crippen molar-refractivity contribution in [3.8, 4) is 5.75 Å². The molecule has 0 aliphatic heterocycles. The molecule has 2 rings (SSSR count). The maximum Gasteiger partial charge on any atom is 0.138 e. The van der Waals surface area contributed by atoms with Gasteiger partial charge in [-0.3, -0.25) is 0 Å². The molecule has 18 heavy (non-hydrogen) atoms. The molecule has 2 nitrogen and oxygen atoms in total. The van der Waals surface area contributed by atoms with Crippen LogP contribution in [0, 0.1) is 5.82 Å². The molecule has 0 unspecified atom stereocenters. The number of anilines is 1. The average molecular weight is 331 g/mol. The third-order valence-electron chi connectivity index (χ3n) is 2.42. The highest BCUT2D eigenvalue weighted by molar-refractivity contribution is 9.10. The van der Waals surface area contributed by atoms with Crippen molar-refractivity contribution in [3.63, 3.8) is 0 Å². The third-order valence-corrected chi connectivity index (χ3v) is 3.46. The summed E-state index contributed by atoms with van der Waals surface area (Å²) in [7, 11) is 0. The van der Waals surface area contributed by atoms with Crippen LogP contribution < -0.4 is 10.5 Å². The van der Waals surface area contributed by atoms with Crippen LogP contribution in [0.1, 0.15) is 5.56 Å². The summed E-state index contributed by atoms with van der Waals surface area (Å²) in [5.74, 6) is 0.0287. The van der Waals surface area contributed by atoms with Crippen LogP contribution in [0.4, 0.5) is 10.1 Å². The summed E-state index contributed by atoms with van der Waals surface area (Å²) >= 11 is 9.27. The summed E-state index contributed by atoms with van der Waals surface area (Å²) in [5, 5.41) is 0.237. The maximum atomic E-state index is 12.9. The molecular weight excluding hydrogens is 321 g/mol. The third kappa shape index (κ3) is 2.94. The zero-order valence-corrected chi connectivity index (χ0v) is 11.6. The van der Waals surface area contributed by atoms with E-state index in [-0.39, 0.29) is 11.6 Å². The van der Waals surface area contributed by atoms with Gasteiger partial charge in [0.25, 0.3) is 0 Å². The molecule has 0 heterocycles. The predicted molar refractivity (Wildman–Crippen MR) is 74.3 cm³/mol. The molecule has 0 saturated carbocycles. The summed E-state index contributed by atoms with van der Waals surface area (Å²) < 4.78 is 19.3. The van der Waals surface area contributed by atoms with E-state index in [0.717, 1.165) is 10.0 Å². The lowest BCUT2D eigenvalue weighted by Gasteiger charge is -2.11. The predicted octanol–water partition coefficient (Wildman–Crippen LogP) is 4.40. The van der Waals surface area contributed by atoms with Crippen LogP contribution in [-0.4, -0.2) is 0 Å². The summed E-state index contributed by atoms with van der Waals surface area (Å²) in [6.07, 6.45) is 0. The molecule has 94 valence electrons. The van der Waals surface area contributed by atoms with Gasteiger partial charge in [0.05, 0.1) is 5.02 Å². The average Bonchev–Trinajstić information content (AvgIpc) is 2.31. The van der Waals surface area contributed by atoms with E-state index in [1.165, 1.54) is 18.2 Å². The Morgan fingerprint density at radius 1 is 1.28 bits per heavy atom. The lowest BCUT2D eigenvalue weighted by molar-refractivity contribution is 0.306. The summed E-state index contributed by atoms with van der Waals surface area (Å²) in [5.41, 5.74) is 7.30. The minimum absolute atomic E-state index is 0.237. The van der Waals surface area contributed by atoms with Crippen molar-refractivity contribution in [2.45, 2.75) is 6.61 Å². The van der Waals surface area contributed by atoms with Crippen molar-refractivity contribution in [1.82, 2.24) is 0 Å². The molecule has 0 spiro atoms. The number of nitrogens with two attached hydrogens (primary N) is 1. The lowest BCUT2D eigenvalue weighted by atomic mass is 10.2. The van der Waals surface area contributed by atoms with Crippen LogP contribution in [0.15, 0.2) is 40.9 Å². The molecule has 0 amide bonds. The van der Waals surface area contributed by atoms with Gasteiger partial charge in [-0.2, -0.15) is 0 Å². The quantitative estimate of drug-likeness (QED) is 0.846. The molecule has 0 aliphatic carbocycles. The van der Waals surface area contributed by atoms with Crippen molar-refractivity contribution < 1.29 is 9.13 Å². The highest BCUT2D eigenvalue weighted by Crippen LogP contribution is 2.28. The molecule has 0 radical (unpaired) electrons. The Bertz CT molecular complexity index is 557. The zero-order valence-electron chi connectivity index (χ0n) is 9.29. The van der Waals surface area contributed by atoms with Crippen LogP contribution in [0.25, 0.3) is 0 Å². The Hall–Kier alpha value is -1.26. The number of hydrogen-bond acceptors (Lipinski definition) is 2. The van der Waals surface area contributed by atoms with E-state index >= 15 is 0 Å². The number of rotatable bonds is 3. The van der Waals surface area contributed by atoms with E-state index in [0.29, 0.717) is 11.4 Å². The fraction of sp³-hybridized carbons (Fsp3) is 0.0769. The Balaban J connectivity index is 2.16. The largest absolute Gasteiger partial charge is 0.487 e. The molecule has 2 N–H and O–H groups in total. The summed E-state index contributed by atoms with van der Waals surface area (Å²) in [6, 6.07) is 9.50. The van der Waals surface area contributed by atoms with Crippen LogP contribution in [0.5, 0.6) is 5.75 Å². The summed E-state index contributed by atoms with van der Waals surface area (Å²) in [6.45, 7) is 0.263. The van der Waals surface area contributed by atoms with E-state index in [9.17, 15) is 4.39 Å². The van der Waals surface area contributed by atoms with Crippen LogP contribution in [0.2, 0.25) is 5.02 Å². The highest BCUT2D eigenvalue weighted by atomic mass is 79.9. The second-order valence-corrected chi connectivity index (χ2v) is 4.93. The van der Waals surface area contributed by atoms with Gasteiger partial charge in [0.2, 0.25) is 0 Å². The number of hydrogen-bond donors (Lipinski definition) is 1. The molecule has 0 aromatic heterocycles. The van der Waals surface area contributed by atoms with Crippen molar-refractivity contribution in [1.29, 1.82) is 0 Å². The first-order chi connectivity index (χ1) is 8.58. The monoisotopic (exact) mass is 329 g/mol. The minimum Gasteiger partial charge on any atom is -0.487 e. The van der Waals surface area contributed by atoms with E-state index < -0.39 is 5.82 Å². The fourth-order valence-corrected chi connectivity index (χ4v) is 2.19. The Morgan fingerprint density at radius 2 is 2.06 bits per heavy atom. The van der Waals surface area contributed by atoms with Gasteiger partial charge in [0, 0.05) is 15.7 Å². The number of nitrogen functional groups attached to an aromatic ring is 1. The highest BCUT2D eigenvalue weighted by Gasteiger charge is 2.07. The van der Waals surface area contributed by atoms with Crippen LogP contribution in [0.3, 0.4) is 0 Å². The summed E-state index contributed by atoms with van der Waals surface area (Å²) in [4.78, 5) is 0. The number of ether oxygens (including phenoxy) is 1. The Kier molecular flexibility index (Phi) is 4.09. The Morgan fingerprint density at radius 3 is 2.72 bits per heavy atom. The normalized spacial score (nSPS) is 10.4. The smallest absolute Gasteiger partial charge is 0.138 e. The van der Waals surface area contributed by atoms with E-state index in [1.54, 1.807) is 6.07 Å². The number of halogens is 3. The lowest BCUT2D eigenvalue weighted by Crippen LogP contribution is -2.01. The fourth-order valence-electron chi connectivity index (χ4n) is 1.47. The van der Waals surface area contributed by atoms with Crippen molar-refractivity contribution in [2.24, 2.45) is 0 Å². The van der Waals surface area contributed by atoms with Crippen molar-refractivity contribution >= 4 is 33.2 Å². The second kappa shape index (κ2) is 5.59. The molecule has 5 heteroatoms. The topological polar surface area (TPSA) is 35.2 Å². The Labute approximate surface area is 118 Å². The van der Waals surface area contributed by atoms with Gasteiger partial charge in [0.1, 0.15) is 18.2 Å².